The van der Waals surface area contributed by atoms with E-state index < -0.39 is 5.82 Å². The number of aliphatic hydroxyl groups is 1. The lowest BCUT2D eigenvalue weighted by atomic mass is 10.0. The van der Waals surface area contributed by atoms with E-state index in [9.17, 15) is 18.7 Å². The largest absolute Gasteiger partial charge is 0.393 e. The molecule has 1 aliphatic rings. The number of carbonyl (C=O) groups is 1. The van der Waals surface area contributed by atoms with E-state index >= 15 is 0 Å². The van der Waals surface area contributed by atoms with E-state index in [2.05, 4.69) is 0 Å². The number of rotatable bonds is 2. The predicted octanol–water partition coefficient (Wildman–Crippen LogP) is 3.23. The summed E-state index contributed by atoms with van der Waals surface area (Å²) >= 11 is 0. The average Bonchev–Trinajstić information content (AvgIpc) is 2.55. The molecule has 0 saturated carbocycles. The Kier molecular flexibility index (Phi) is 4.39. The van der Waals surface area contributed by atoms with Gasteiger partial charge in [0.2, 0.25) is 0 Å². The van der Waals surface area contributed by atoms with Gasteiger partial charge in [0.1, 0.15) is 11.6 Å². The molecule has 1 aliphatic heterocycles. The summed E-state index contributed by atoms with van der Waals surface area (Å²) in [5, 5.41) is 9.48. The Labute approximate surface area is 133 Å². The molecule has 1 saturated heterocycles. The zero-order valence-electron chi connectivity index (χ0n) is 12.5. The maximum absolute atomic E-state index is 14.3. The van der Waals surface area contributed by atoms with Gasteiger partial charge < -0.3 is 10.0 Å². The summed E-state index contributed by atoms with van der Waals surface area (Å²) in [7, 11) is 0. The fraction of sp³-hybridized carbons (Fsp3) is 0.278. The fourth-order valence-corrected chi connectivity index (χ4v) is 2.75. The number of hydrogen-bond donors (Lipinski definition) is 1. The number of likely N-dealkylation sites (tertiary alicyclic amines) is 1. The van der Waals surface area contributed by atoms with Crippen LogP contribution < -0.4 is 0 Å². The Bertz CT molecular complexity index is 707. The number of hydrogen-bond acceptors (Lipinski definition) is 2. The lowest BCUT2D eigenvalue weighted by Crippen LogP contribution is -2.40. The molecule has 120 valence electrons. The third-order valence-electron chi connectivity index (χ3n) is 4.13. The van der Waals surface area contributed by atoms with Gasteiger partial charge in [-0.05, 0) is 48.2 Å². The summed E-state index contributed by atoms with van der Waals surface area (Å²) < 4.78 is 27.3. The molecule has 2 aromatic carbocycles. The van der Waals surface area contributed by atoms with Crippen molar-refractivity contribution in [1.29, 1.82) is 0 Å². The highest BCUT2D eigenvalue weighted by Crippen LogP contribution is 2.24. The molecular formula is C18H17F2NO2. The Hall–Kier alpha value is -2.27. The minimum absolute atomic E-state index is 0.0206. The van der Waals surface area contributed by atoms with E-state index in [1.54, 1.807) is 23.1 Å². The van der Waals surface area contributed by atoms with E-state index in [-0.39, 0.29) is 23.4 Å². The number of piperidine rings is 1. The molecule has 0 aliphatic carbocycles. The van der Waals surface area contributed by atoms with Crippen molar-refractivity contribution in [3.63, 3.8) is 0 Å². The molecule has 1 fully saturated rings. The van der Waals surface area contributed by atoms with Gasteiger partial charge in [-0.2, -0.15) is 0 Å². The molecule has 0 atom stereocenters. The Morgan fingerprint density at radius 1 is 1.00 bits per heavy atom. The summed E-state index contributed by atoms with van der Waals surface area (Å²) in [6, 6.07) is 10.2. The molecule has 23 heavy (non-hydrogen) atoms. The van der Waals surface area contributed by atoms with Crippen LogP contribution >= 0.6 is 0 Å². The molecule has 1 amide bonds. The third-order valence-corrected chi connectivity index (χ3v) is 4.13. The minimum Gasteiger partial charge on any atom is -0.393 e. The van der Waals surface area contributed by atoms with E-state index in [0.717, 1.165) is 0 Å². The van der Waals surface area contributed by atoms with Gasteiger partial charge in [-0.3, -0.25) is 4.79 Å². The molecule has 0 aromatic heterocycles. The molecule has 1 N–H and O–H groups in total. The van der Waals surface area contributed by atoms with Gasteiger partial charge in [0.15, 0.2) is 0 Å². The maximum atomic E-state index is 14.3. The van der Waals surface area contributed by atoms with Gasteiger partial charge in [0.25, 0.3) is 5.91 Å². The second kappa shape index (κ2) is 6.46. The molecular weight excluding hydrogens is 300 g/mol. The molecule has 0 bridgehead atoms. The summed E-state index contributed by atoms with van der Waals surface area (Å²) in [6.45, 7) is 0.859. The van der Waals surface area contributed by atoms with Crippen LogP contribution in [0.3, 0.4) is 0 Å². The first-order valence-electron chi connectivity index (χ1n) is 7.57. The van der Waals surface area contributed by atoms with E-state index in [0.29, 0.717) is 37.1 Å². The maximum Gasteiger partial charge on any atom is 0.256 e. The van der Waals surface area contributed by atoms with Crippen LogP contribution in [0.4, 0.5) is 8.78 Å². The number of amides is 1. The van der Waals surface area contributed by atoms with Gasteiger partial charge in [0, 0.05) is 13.1 Å². The van der Waals surface area contributed by atoms with Gasteiger partial charge in [-0.15, -0.1) is 0 Å². The number of nitrogens with zero attached hydrogens (tertiary/aromatic N) is 1. The van der Waals surface area contributed by atoms with Crippen molar-refractivity contribution < 1.29 is 18.7 Å². The highest BCUT2D eigenvalue weighted by molar-refractivity contribution is 5.95. The van der Waals surface area contributed by atoms with Crippen molar-refractivity contribution in [1.82, 2.24) is 4.90 Å². The van der Waals surface area contributed by atoms with Crippen LogP contribution in [0.15, 0.2) is 42.5 Å². The number of benzene rings is 2. The van der Waals surface area contributed by atoms with Crippen LogP contribution in [0.1, 0.15) is 23.2 Å². The topological polar surface area (TPSA) is 40.5 Å². The van der Waals surface area contributed by atoms with Crippen molar-refractivity contribution in [3.05, 3.63) is 59.7 Å². The van der Waals surface area contributed by atoms with Gasteiger partial charge >= 0.3 is 0 Å². The average molecular weight is 317 g/mol. The second-order valence-electron chi connectivity index (χ2n) is 5.72. The van der Waals surface area contributed by atoms with Crippen LogP contribution in [0.5, 0.6) is 0 Å². The first-order chi connectivity index (χ1) is 11.0. The smallest absolute Gasteiger partial charge is 0.256 e. The van der Waals surface area contributed by atoms with Crippen LogP contribution in [0.25, 0.3) is 11.1 Å². The molecule has 0 spiro atoms. The fourth-order valence-electron chi connectivity index (χ4n) is 2.75. The Morgan fingerprint density at radius 3 is 2.22 bits per heavy atom. The van der Waals surface area contributed by atoms with Gasteiger partial charge in [-0.25, -0.2) is 8.78 Å². The first kappa shape index (κ1) is 15.6. The van der Waals surface area contributed by atoms with Crippen molar-refractivity contribution in [2.75, 3.05) is 13.1 Å². The number of halogens is 2. The predicted molar refractivity (Wildman–Crippen MR) is 82.9 cm³/mol. The lowest BCUT2D eigenvalue weighted by molar-refractivity contribution is 0.0543. The van der Waals surface area contributed by atoms with E-state index in [1.165, 1.54) is 24.3 Å². The van der Waals surface area contributed by atoms with Crippen LogP contribution in [0, 0.1) is 11.6 Å². The summed E-state index contributed by atoms with van der Waals surface area (Å²) in [5.74, 6) is -1.31. The molecule has 5 heteroatoms. The van der Waals surface area contributed by atoms with E-state index in [1.807, 2.05) is 0 Å². The number of aliphatic hydroxyl groups excluding tert-OH is 1. The molecule has 2 aromatic rings. The standard InChI is InChI=1S/C18H17F2NO2/c19-14-4-1-12(2-5-14)13-3-6-16(17(20)11-13)18(23)21-9-7-15(22)8-10-21/h1-6,11,15,22H,7-10H2. The second-order valence-corrected chi connectivity index (χ2v) is 5.72. The summed E-state index contributed by atoms with van der Waals surface area (Å²) in [5.41, 5.74) is 1.30. The van der Waals surface area contributed by atoms with Gasteiger partial charge in [-0.1, -0.05) is 18.2 Å². The van der Waals surface area contributed by atoms with Crippen molar-refractivity contribution in [2.24, 2.45) is 0 Å². The van der Waals surface area contributed by atoms with Crippen LogP contribution in [-0.4, -0.2) is 35.1 Å². The van der Waals surface area contributed by atoms with Crippen LogP contribution in [0.2, 0.25) is 0 Å². The zero-order chi connectivity index (χ0) is 16.4. The van der Waals surface area contributed by atoms with E-state index in [4.69, 9.17) is 0 Å². The normalized spacial score (nSPS) is 15.7. The van der Waals surface area contributed by atoms with Gasteiger partial charge in [0.05, 0.1) is 11.7 Å². The minimum atomic E-state index is -0.594. The lowest BCUT2D eigenvalue weighted by Gasteiger charge is -2.29. The Morgan fingerprint density at radius 2 is 1.61 bits per heavy atom. The summed E-state index contributed by atoms with van der Waals surface area (Å²) in [4.78, 5) is 13.9. The van der Waals surface area contributed by atoms with Crippen molar-refractivity contribution >= 4 is 5.91 Å². The quantitative estimate of drug-likeness (QED) is 0.924. The highest BCUT2D eigenvalue weighted by atomic mass is 19.1. The van der Waals surface area contributed by atoms with Crippen molar-refractivity contribution in [3.8, 4) is 11.1 Å². The number of carbonyl (C=O) groups excluding carboxylic acids is 1. The zero-order valence-corrected chi connectivity index (χ0v) is 12.5. The molecule has 0 radical (unpaired) electrons. The molecule has 3 rings (SSSR count). The highest BCUT2D eigenvalue weighted by Gasteiger charge is 2.24. The first-order valence-corrected chi connectivity index (χ1v) is 7.57. The molecule has 1 heterocycles. The molecule has 3 nitrogen and oxygen atoms in total. The summed E-state index contributed by atoms with van der Waals surface area (Å²) in [6.07, 6.45) is 0.645. The third kappa shape index (κ3) is 3.40. The monoisotopic (exact) mass is 317 g/mol. The Balaban J connectivity index is 1.81. The SMILES string of the molecule is O=C(c1ccc(-c2ccc(F)cc2)cc1F)N1CCC(O)CC1. The van der Waals surface area contributed by atoms with Crippen molar-refractivity contribution in [2.45, 2.75) is 18.9 Å². The van der Waals surface area contributed by atoms with Crippen LogP contribution in [-0.2, 0) is 0 Å². The molecule has 0 unspecified atom stereocenters.